The molecule has 0 spiro atoms. The number of aromatic nitrogens is 4. The number of carbonyl (C=O) groups is 2. The van der Waals surface area contributed by atoms with Gasteiger partial charge in [-0.15, -0.1) is 11.3 Å². The van der Waals surface area contributed by atoms with Crippen LogP contribution in [0.1, 0.15) is 37.9 Å². The first kappa shape index (κ1) is 21.8. The fourth-order valence-corrected chi connectivity index (χ4v) is 4.66. The number of aryl methyl sites for hydroxylation is 3. The van der Waals surface area contributed by atoms with Gasteiger partial charge < -0.3 is 10.1 Å². The van der Waals surface area contributed by atoms with E-state index in [0.717, 1.165) is 38.4 Å². The molecule has 0 radical (unpaired) electrons. The van der Waals surface area contributed by atoms with E-state index in [1.54, 1.807) is 10.7 Å². The summed E-state index contributed by atoms with van der Waals surface area (Å²) in [7, 11) is 1.83. The van der Waals surface area contributed by atoms with Crippen molar-refractivity contribution in [1.29, 1.82) is 0 Å². The summed E-state index contributed by atoms with van der Waals surface area (Å²) in [6.45, 7) is 6.47. The van der Waals surface area contributed by atoms with E-state index in [-0.39, 0.29) is 12.5 Å². The minimum Gasteiger partial charge on any atom is -0.451 e. The molecule has 0 aliphatic carbocycles. The molecule has 1 amide bonds. The molecular formula is C23H25N5O3S. The van der Waals surface area contributed by atoms with Gasteiger partial charge in [0.25, 0.3) is 5.91 Å². The van der Waals surface area contributed by atoms with Crippen LogP contribution in [0.5, 0.6) is 0 Å². The highest BCUT2D eigenvalue weighted by atomic mass is 32.1. The number of hydrogen-bond acceptors (Lipinski definition) is 6. The van der Waals surface area contributed by atoms with Crippen LogP contribution in [0.4, 0.5) is 0 Å². The van der Waals surface area contributed by atoms with Gasteiger partial charge in [-0.2, -0.15) is 10.2 Å². The van der Waals surface area contributed by atoms with Crippen molar-refractivity contribution in [1.82, 2.24) is 24.9 Å². The fraction of sp³-hybridized carbons (Fsp3) is 0.304. The number of thiophene rings is 1. The molecule has 4 rings (SSSR count). The van der Waals surface area contributed by atoms with Gasteiger partial charge in [0.05, 0.1) is 17.9 Å². The average molecular weight is 452 g/mol. The van der Waals surface area contributed by atoms with Crippen LogP contribution in [-0.4, -0.2) is 38.0 Å². The number of rotatable bonds is 7. The third-order valence-electron chi connectivity index (χ3n) is 5.40. The monoisotopic (exact) mass is 451 g/mol. The van der Waals surface area contributed by atoms with Crippen LogP contribution >= 0.6 is 11.3 Å². The number of fused-ring (bicyclic) bond motifs is 1. The Morgan fingerprint density at radius 2 is 1.84 bits per heavy atom. The lowest BCUT2D eigenvalue weighted by Crippen LogP contribution is -2.28. The number of nitrogens with one attached hydrogen (secondary N) is 1. The molecule has 8 nitrogen and oxygen atoms in total. The summed E-state index contributed by atoms with van der Waals surface area (Å²) in [6, 6.07) is 11.9. The predicted octanol–water partition coefficient (Wildman–Crippen LogP) is 3.28. The van der Waals surface area contributed by atoms with Crippen LogP contribution in [0.25, 0.3) is 10.2 Å². The molecule has 0 bridgehead atoms. The second-order valence-electron chi connectivity index (χ2n) is 7.68. The normalized spacial score (nSPS) is 11.1. The van der Waals surface area contributed by atoms with Crippen molar-refractivity contribution >= 4 is 33.4 Å². The van der Waals surface area contributed by atoms with Crippen molar-refractivity contribution < 1.29 is 14.3 Å². The van der Waals surface area contributed by atoms with Crippen LogP contribution in [0, 0.1) is 20.8 Å². The SMILES string of the molecule is Cc1nn(Cc2ccccc2)c(C)c1CNC(=O)COC(=O)c1cc2c(C)nn(C)c2s1. The Labute approximate surface area is 189 Å². The molecule has 9 heteroatoms. The Hall–Kier alpha value is -3.46. The first-order valence-corrected chi connectivity index (χ1v) is 11.1. The summed E-state index contributed by atoms with van der Waals surface area (Å²) >= 11 is 1.31. The van der Waals surface area contributed by atoms with E-state index in [2.05, 4.69) is 27.6 Å². The summed E-state index contributed by atoms with van der Waals surface area (Å²) in [5.74, 6) is -0.865. The molecule has 0 saturated heterocycles. The molecule has 0 atom stereocenters. The zero-order valence-electron chi connectivity index (χ0n) is 18.5. The van der Waals surface area contributed by atoms with Crippen LogP contribution in [0.2, 0.25) is 0 Å². The summed E-state index contributed by atoms with van der Waals surface area (Å²) in [5, 5.41) is 12.7. The molecule has 3 aromatic heterocycles. The second kappa shape index (κ2) is 8.96. The Morgan fingerprint density at radius 1 is 1.09 bits per heavy atom. The molecule has 0 aliphatic rings. The van der Waals surface area contributed by atoms with Crippen LogP contribution in [-0.2, 0) is 29.7 Å². The maximum absolute atomic E-state index is 12.4. The first-order valence-electron chi connectivity index (χ1n) is 10.3. The minimum absolute atomic E-state index is 0.330. The number of carbonyl (C=O) groups excluding carboxylic acids is 2. The maximum atomic E-state index is 12.4. The predicted molar refractivity (Wildman–Crippen MR) is 123 cm³/mol. The number of nitrogens with zero attached hydrogens (tertiary/aromatic N) is 4. The van der Waals surface area contributed by atoms with Crippen LogP contribution in [0.15, 0.2) is 36.4 Å². The molecule has 32 heavy (non-hydrogen) atoms. The van der Waals surface area contributed by atoms with Crippen LogP contribution < -0.4 is 5.32 Å². The van der Waals surface area contributed by atoms with E-state index in [1.807, 2.05) is 50.7 Å². The topological polar surface area (TPSA) is 91.0 Å². The Kier molecular flexibility index (Phi) is 6.09. The van der Waals surface area contributed by atoms with Crippen LogP contribution in [0.3, 0.4) is 0 Å². The summed E-state index contributed by atoms with van der Waals surface area (Å²) in [5.41, 5.74) is 4.85. The standard InChI is InChI=1S/C23H25N5O3S/c1-14-18-10-20(32-22(18)27(4)25-14)23(30)31-13-21(29)24-11-19-15(2)26-28(16(19)3)12-17-8-6-5-7-9-17/h5-10H,11-13H2,1-4H3,(H,24,29). The number of amides is 1. The van der Waals surface area contributed by atoms with E-state index < -0.39 is 5.97 Å². The largest absolute Gasteiger partial charge is 0.451 e. The van der Waals surface area contributed by atoms with Crippen molar-refractivity contribution in [3.05, 3.63) is 69.5 Å². The molecule has 166 valence electrons. The highest BCUT2D eigenvalue weighted by Crippen LogP contribution is 2.28. The summed E-state index contributed by atoms with van der Waals surface area (Å²) in [6.07, 6.45) is 0. The maximum Gasteiger partial charge on any atom is 0.348 e. The van der Waals surface area contributed by atoms with Crippen molar-refractivity contribution in [2.75, 3.05) is 6.61 Å². The first-order chi connectivity index (χ1) is 15.3. The van der Waals surface area contributed by atoms with Gasteiger partial charge in [0.2, 0.25) is 0 Å². The van der Waals surface area contributed by atoms with Gasteiger partial charge in [-0.05, 0) is 32.4 Å². The second-order valence-corrected chi connectivity index (χ2v) is 8.71. The number of esters is 1. The van der Waals surface area contributed by atoms with Gasteiger partial charge in [0.1, 0.15) is 9.71 Å². The zero-order valence-corrected chi connectivity index (χ0v) is 19.3. The molecule has 0 fully saturated rings. The van der Waals surface area contributed by atoms with Gasteiger partial charge in [-0.3, -0.25) is 14.2 Å². The molecule has 0 aliphatic heterocycles. The highest BCUT2D eigenvalue weighted by Gasteiger charge is 2.18. The Balaban J connectivity index is 1.32. The number of benzene rings is 1. The molecule has 1 N–H and O–H groups in total. The molecule has 4 aromatic rings. The third kappa shape index (κ3) is 4.43. The smallest absolute Gasteiger partial charge is 0.348 e. The van der Waals surface area contributed by atoms with E-state index in [0.29, 0.717) is 18.0 Å². The van der Waals surface area contributed by atoms with Gasteiger partial charge in [0.15, 0.2) is 6.61 Å². The number of hydrogen-bond donors (Lipinski definition) is 1. The highest BCUT2D eigenvalue weighted by molar-refractivity contribution is 7.20. The van der Waals surface area contributed by atoms with Crippen molar-refractivity contribution in [3.8, 4) is 0 Å². The van der Waals surface area contributed by atoms with Gasteiger partial charge in [-0.25, -0.2) is 4.79 Å². The van der Waals surface area contributed by atoms with Crippen molar-refractivity contribution in [3.63, 3.8) is 0 Å². The minimum atomic E-state index is -0.510. The zero-order chi connectivity index (χ0) is 22.8. The third-order valence-corrected chi connectivity index (χ3v) is 6.58. The van der Waals surface area contributed by atoms with Gasteiger partial charge >= 0.3 is 5.97 Å². The molecule has 0 saturated carbocycles. The van der Waals surface area contributed by atoms with E-state index in [9.17, 15) is 9.59 Å². The average Bonchev–Trinajstić information content (AvgIpc) is 3.41. The lowest BCUT2D eigenvalue weighted by atomic mass is 10.2. The Morgan fingerprint density at radius 3 is 2.56 bits per heavy atom. The lowest BCUT2D eigenvalue weighted by molar-refractivity contribution is -0.124. The fourth-order valence-electron chi connectivity index (χ4n) is 3.65. The summed E-state index contributed by atoms with van der Waals surface area (Å²) < 4.78 is 8.88. The number of ether oxygens (including phenoxy) is 1. The molecule has 3 heterocycles. The molecule has 0 unspecified atom stereocenters. The van der Waals surface area contributed by atoms with Gasteiger partial charge in [-0.1, -0.05) is 30.3 Å². The molecule has 1 aromatic carbocycles. The summed E-state index contributed by atoms with van der Waals surface area (Å²) in [4.78, 5) is 26.0. The van der Waals surface area contributed by atoms with E-state index >= 15 is 0 Å². The Bertz CT molecular complexity index is 1250. The van der Waals surface area contributed by atoms with Crippen molar-refractivity contribution in [2.24, 2.45) is 7.05 Å². The quantitative estimate of drug-likeness (QED) is 0.436. The van der Waals surface area contributed by atoms with Crippen molar-refractivity contribution in [2.45, 2.75) is 33.9 Å². The molecular weight excluding hydrogens is 426 g/mol. The lowest BCUT2D eigenvalue weighted by Gasteiger charge is -2.08. The van der Waals surface area contributed by atoms with E-state index in [1.165, 1.54) is 11.3 Å². The van der Waals surface area contributed by atoms with Gasteiger partial charge in [0, 0.05) is 30.2 Å². The van der Waals surface area contributed by atoms with E-state index in [4.69, 9.17) is 4.74 Å².